The Bertz CT molecular complexity index is 583. The average Bonchev–Trinajstić information content (AvgIpc) is 2.94. The lowest BCUT2D eigenvalue weighted by Crippen LogP contribution is -2.32. The number of pyridine rings is 1. The van der Waals surface area contributed by atoms with Gasteiger partial charge >= 0.3 is 0 Å². The summed E-state index contributed by atoms with van der Waals surface area (Å²) in [6, 6.07) is 5.54. The third-order valence-corrected chi connectivity index (χ3v) is 3.07. The molecule has 0 bridgehead atoms. The van der Waals surface area contributed by atoms with Crippen LogP contribution in [0.5, 0.6) is 0 Å². The number of nitrogens with zero attached hydrogens (tertiary/aromatic N) is 3. The van der Waals surface area contributed by atoms with E-state index >= 15 is 0 Å². The molecule has 0 radical (unpaired) electrons. The summed E-state index contributed by atoms with van der Waals surface area (Å²) in [7, 11) is 0. The number of hydrogen-bond donors (Lipinski definition) is 2. The van der Waals surface area contributed by atoms with Gasteiger partial charge < -0.3 is 15.0 Å². The van der Waals surface area contributed by atoms with Crippen molar-refractivity contribution in [3.05, 3.63) is 48.3 Å². The zero-order valence-electron chi connectivity index (χ0n) is 12.6. The fraction of sp³-hybridized carbons (Fsp3) is 0.333. The summed E-state index contributed by atoms with van der Waals surface area (Å²) in [5.41, 5.74) is 0.981. The summed E-state index contributed by atoms with van der Waals surface area (Å²) in [5.74, 6) is 0.837. The van der Waals surface area contributed by atoms with Crippen LogP contribution in [-0.2, 0) is 16.0 Å². The maximum Gasteiger partial charge on any atom is 0.290 e. The number of carbonyl (C=O) groups is 2. The molecule has 0 aliphatic heterocycles. The molecule has 0 aromatic carbocycles. The second-order valence-electron chi connectivity index (χ2n) is 4.53. The van der Waals surface area contributed by atoms with Crippen LogP contribution in [0.25, 0.3) is 0 Å². The van der Waals surface area contributed by atoms with Gasteiger partial charge in [-0.3, -0.25) is 14.6 Å². The number of carbonyl (C=O) groups excluding carboxylic acids is 1. The highest BCUT2D eigenvalue weighted by atomic mass is 16.3. The number of aromatic nitrogens is 3. The Labute approximate surface area is 129 Å². The Kier molecular flexibility index (Phi) is 7.32. The molecular weight excluding hydrogens is 284 g/mol. The molecule has 1 amide bonds. The zero-order chi connectivity index (χ0) is 16.4. The fourth-order valence-corrected chi connectivity index (χ4v) is 1.93. The molecule has 2 aromatic rings. The number of amides is 1. The molecule has 7 nitrogen and oxygen atoms in total. The van der Waals surface area contributed by atoms with Crippen LogP contribution in [0.2, 0.25) is 0 Å². The van der Waals surface area contributed by atoms with E-state index < -0.39 is 0 Å². The van der Waals surface area contributed by atoms with E-state index in [4.69, 9.17) is 9.90 Å². The highest BCUT2D eigenvalue weighted by Gasteiger charge is 2.15. The van der Waals surface area contributed by atoms with Crippen LogP contribution in [0.3, 0.4) is 0 Å². The quantitative estimate of drug-likeness (QED) is 0.809. The van der Waals surface area contributed by atoms with E-state index in [2.05, 4.69) is 15.3 Å². The Hall–Kier alpha value is -2.70. The van der Waals surface area contributed by atoms with E-state index in [1.54, 1.807) is 12.4 Å². The molecule has 22 heavy (non-hydrogen) atoms. The van der Waals surface area contributed by atoms with Crippen molar-refractivity contribution in [3.63, 3.8) is 0 Å². The molecule has 2 rings (SSSR count). The second kappa shape index (κ2) is 9.28. The third kappa shape index (κ3) is 5.35. The van der Waals surface area contributed by atoms with Crippen LogP contribution in [0.1, 0.15) is 24.5 Å². The first kappa shape index (κ1) is 17.4. The molecule has 2 N–H and O–H groups in total. The topological polar surface area (TPSA) is 97.1 Å². The van der Waals surface area contributed by atoms with Crippen molar-refractivity contribution in [2.45, 2.75) is 26.3 Å². The molecule has 7 heteroatoms. The van der Waals surface area contributed by atoms with Crippen molar-refractivity contribution >= 4 is 12.4 Å². The van der Waals surface area contributed by atoms with Gasteiger partial charge in [-0.15, -0.1) is 0 Å². The highest BCUT2D eigenvalue weighted by molar-refractivity contribution is 5.79. The normalized spacial score (nSPS) is 11.0. The van der Waals surface area contributed by atoms with Crippen molar-refractivity contribution in [1.82, 2.24) is 19.9 Å². The summed E-state index contributed by atoms with van der Waals surface area (Å²) in [6.07, 6.45) is 6.02. The first-order chi connectivity index (χ1) is 10.6. The van der Waals surface area contributed by atoms with E-state index in [1.807, 2.05) is 42.8 Å². The molecule has 0 saturated carbocycles. The van der Waals surface area contributed by atoms with Gasteiger partial charge in [0.2, 0.25) is 5.91 Å². The predicted octanol–water partition coefficient (Wildman–Crippen LogP) is 1.21. The number of hydrogen-bond acceptors (Lipinski definition) is 4. The Morgan fingerprint density at radius 1 is 1.41 bits per heavy atom. The SMILES string of the molecule is Cc1nccn1C(C)C(=O)NCCc1ccccn1.O=CO. The standard InChI is InChI=1S/C14H18N4O.CH2O2/c1-11(18-10-9-15-12(18)2)14(19)17-8-6-13-5-3-4-7-16-13;2-1-3/h3-5,7,9-11H,6,8H2,1-2H3,(H,17,19);1H,(H,2,3). The third-order valence-electron chi connectivity index (χ3n) is 3.07. The predicted molar refractivity (Wildman–Crippen MR) is 81.3 cm³/mol. The van der Waals surface area contributed by atoms with Crippen LogP contribution < -0.4 is 5.32 Å². The summed E-state index contributed by atoms with van der Waals surface area (Å²) < 4.78 is 1.86. The molecule has 118 valence electrons. The van der Waals surface area contributed by atoms with Crippen LogP contribution in [-0.4, -0.2) is 38.6 Å². The van der Waals surface area contributed by atoms with Crippen LogP contribution in [0.4, 0.5) is 0 Å². The molecule has 1 atom stereocenters. The minimum Gasteiger partial charge on any atom is -0.483 e. The lowest BCUT2D eigenvalue weighted by atomic mass is 10.2. The number of aryl methyl sites for hydroxylation is 1. The van der Waals surface area contributed by atoms with Gasteiger partial charge in [-0.1, -0.05) is 6.07 Å². The minimum absolute atomic E-state index is 0.00275. The Morgan fingerprint density at radius 2 is 2.14 bits per heavy atom. The minimum atomic E-state index is -0.250. The highest BCUT2D eigenvalue weighted by Crippen LogP contribution is 2.08. The van der Waals surface area contributed by atoms with Gasteiger partial charge in [0.1, 0.15) is 11.9 Å². The van der Waals surface area contributed by atoms with Gasteiger partial charge in [-0.25, -0.2) is 4.98 Å². The van der Waals surface area contributed by atoms with Crippen molar-refractivity contribution in [2.24, 2.45) is 0 Å². The smallest absolute Gasteiger partial charge is 0.290 e. The largest absolute Gasteiger partial charge is 0.483 e. The van der Waals surface area contributed by atoms with Crippen molar-refractivity contribution in [1.29, 1.82) is 0 Å². The molecule has 0 spiro atoms. The van der Waals surface area contributed by atoms with Crippen LogP contribution in [0.15, 0.2) is 36.8 Å². The van der Waals surface area contributed by atoms with Crippen LogP contribution in [0, 0.1) is 6.92 Å². The average molecular weight is 304 g/mol. The summed E-state index contributed by atoms with van der Waals surface area (Å²) in [6.45, 7) is 4.09. The van der Waals surface area contributed by atoms with Gasteiger partial charge in [0.15, 0.2) is 0 Å². The van der Waals surface area contributed by atoms with Gasteiger partial charge in [0, 0.05) is 37.3 Å². The van der Waals surface area contributed by atoms with E-state index in [0.29, 0.717) is 6.54 Å². The number of carboxylic acid groups (broad SMARTS) is 1. The van der Waals surface area contributed by atoms with Gasteiger partial charge in [-0.2, -0.15) is 0 Å². The van der Waals surface area contributed by atoms with Gasteiger partial charge in [0.25, 0.3) is 6.47 Å². The van der Waals surface area contributed by atoms with Crippen molar-refractivity contribution in [3.8, 4) is 0 Å². The van der Waals surface area contributed by atoms with Gasteiger partial charge in [-0.05, 0) is 26.0 Å². The molecular formula is C15H20N4O3. The van der Waals surface area contributed by atoms with E-state index in [-0.39, 0.29) is 18.4 Å². The molecule has 0 fully saturated rings. The lowest BCUT2D eigenvalue weighted by Gasteiger charge is -2.14. The zero-order valence-corrected chi connectivity index (χ0v) is 12.6. The van der Waals surface area contributed by atoms with E-state index in [9.17, 15) is 4.79 Å². The molecule has 0 saturated heterocycles. The van der Waals surface area contributed by atoms with Gasteiger partial charge in [0.05, 0.1) is 0 Å². The second-order valence-corrected chi connectivity index (χ2v) is 4.53. The fourth-order valence-electron chi connectivity index (χ4n) is 1.93. The molecule has 2 heterocycles. The number of imidazole rings is 1. The van der Waals surface area contributed by atoms with E-state index in [1.165, 1.54) is 0 Å². The summed E-state index contributed by atoms with van der Waals surface area (Å²) >= 11 is 0. The number of nitrogens with one attached hydrogen (secondary N) is 1. The molecule has 0 aliphatic carbocycles. The Morgan fingerprint density at radius 3 is 2.68 bits per heavy atom. The maximum absolute atomic E-state index is 12.0. The summed E-state index contributed by atoms with van der Waals surface area (Å²) in [5, 5.41) is 9.81. The first-order valence-corrected chi connectivity index (χ1v) is 6.85. The molecule has 0 aliphatic rings. The molecule has 1 unspecified atom stereocenters. The maximum atomic E-state index is 12.0. The van der Waals surface area contributed by atoms with Crippen molar-refractivity contribution < 1.29 is 14.7 Å². The summed E-state index contributed by atoms with van der Waals surface area (Å²) in [4.78, 5) is 28.7. The Balaban J connectivity index is 0.000000745. The molecule has 2 aromatic heterocycles. The lowest BCUT2D eigenvalue weighted by molar-refractivity contribution is -0.124. The monoisotopic (exact) mass is 304 g/mol. The first-order valence-electron chi connectivity index (χ1n) is 6.85. The van der Waals surface area contributed by atoms with Crippen LogP contribution >= 0.6 is 0 Å². The van der Waals surface area contributed by atoms with E-state index in [0.717, 1.165) is 17.9 Å². The number of rotatable bonds is 5. The van der Waals surface area contributed by atoms with Crippen molar-refractivity contribution in [2.75, 3.05) is 6.54 Å².